The molecule has 0 radical (unpaired) electrons. The number of nitrogens with zero attached hydrogens (tertiary/aromatic N) is 1. The van der Waals surface area contributed by atoms with E-state index in [1.165, 1.54) is 24.9 Å². The molecule has 0 N–H and O–H groups in total. The Balaban J connectivity index is 1.50. The third-order valence-corrected chi connectivity index (χ3v) is 3.48. The van der Waals surface area contributed by atoms with E-state index in [0.29, 0.717) is 0 Å². The van der Waals surface area contributed by atoms with Crippen LogP contribution in [0.3, 0.4) is 0 Å². The van der Waals surface area contributed by atoms with Crippen LogP contribution in [0, 0.1) is 6.92 Å². The van der Waals surface area contributed by atoms with Crippen molar-refractivity contribution in [3.8, 4) is 5.75 Å². The van der Waals surface area contributed by atoms with Crippen molar-refractivity contribution in [1.29, 1.82) is 0 Å². The second kappa shape index (κ2) is 8.18. The van der Waals surface area contributed by atoms with Crippen molar-refractivity contribution in [3.05, 3.63) is 29.8 Å². The molecule has 0 amide bonds. The summed E-state index contributed by atoms with van der Waals surface area (Å²) in [4.78, 5) is 2.49. The van der Waals surface area contributed by atoms with Crippen LogP contribution >= 0.6 is 0 Å². The van der Waals surface area contributed by atoms with Gasteiger partial charge < -0.3 is 9.47 Å². The van der Waals surface area contributed by atoms with E-state index in [4.69, 9.17) is 9.47 Å². The van der Waals surface area contributed by atoms with E-state index in [1.54, 1.807) is 0 Å². The zero-order valence-corrected chi connectivity index (χ0v) is 11.9. The number of hydrogen-bond donors (Lipinski definition) is 0. The molecule has 0 aromatic heterocycles. The van der Waals surface area contributed by atoms with Crippen molar-refractivity contribution in [2.45, 2.75) is 26.2 Å². The standard InChI is InChI=1S/C16H25NO2/c1-15-6-5-7-16(14-15)19-11-4-2-3-8-17-9-12-18-13-10-17/h5-7,14H,2-4,8-13H2,1H3. The van der Waals surface area contributed by atoms with E-state index in [0.717, 1.165) is 45.1 Å². The lowest BCUT2D eigenvalue weighted by molar-refractivity contribution is 0.0370. The van der Waals surface area contributed by atoms with Gasteiger partial charge in [-0.1, -0.05) is 12.1 Å². The molecule has 1 fully saturated rings. The number of aryl methyl sites for hydroxylation is 1. The van der Waals surface area contributed by atoms with Crippen LogP contribution < -0.4 is 4.74 Å². The fourth-order valence-electron chi connectivity index (χ4n) is 2.33. The normalized spacial score (nSPS) is 16.5. The first kappa shape index (κ1) is 14.4. The maximum Gasteiger partial charge on any atom is 0.119 e. The highest BCUT2D eigenvalue weighted by molar-refractivity contribution is 5.27. The molecule has 1 heterocycles. The van der Waals surface area contributed by atoms with E-state index in [1.807, 2.05) is 12.1 Å². The van der Waals surface area contributed by atoms with E-state index in [-0.39, 0.29) is 0 Å². The molecule has 1 saturated heterocycles. The Hall–Kier alpha value is -1.06. The van der Waals surface area contributed by atoms with Crippen molar-refractivity contribution in [3.63, 3.8) is 0 Å². The molecule has 19 heavy (non-hydrogen) atoms. The zero-order chi connectivity index (χ0) is 13.3. The molecule has 0 saturated carbocycles. The maximum atomic E-state index is 5.75. The van der Waals surface area contributed by atoms with Gasteiger partial charge >= 0.3 is 0 Å². The van der Waals surface area contributed by atoms with Crippen LogP contribution in [0.2, 0.25) is 0 Å². The highest BCUT2D eigenvalue weighted by Gasteiger charge is 2.08. The second-order valence-electron chi connectivity index (χ2n) is 5.18. The van der Waals surface area contributed by atoms with E-state index < -0.39 is 0 Å². The van der Waals surface area contributed by atoms with Gasteiger partial charge in [0.25, 0.3) is 0 Å². The van der Waals surface area contributed by atoms with Crippen LogP contribution in [0.5, 0.6) is 5.75 Å². The number of rotatable bonds is 7. The third-order valence-electron chi connectivity index (χ3n) is 3.48. The zero-order valence-electron chi connectivity index (χ0n) is 11.9. The van der Waals surface area contributed by atoms with Crippen molar-refractivity contribution < 1.29 is 9.47 Å². The smallest absolute Gasteiger partial charge is 0.119 e. The summed E-state index contributed by atoms with van der Waals surface area (Å²) in [5.74, 6) is 0.994. The highest BCUT2D eigenvalue weighted by Crippen LogP contribution is 2.13. The van der Waals surface area contributed by atoms with Crippen LogP contribution in [0.1, 0.15) is 24.8 Å². The average Bonchev–Trinajstić information content (AvgIpc) is 2.44. The van der Waals surface area contributed by atoms with Crippen molar-refractivity contribution in [1.82, 2.24) is 4.90 Å². The molecule has 1 aliphatic rings. The fraction of sp³-hybridized carbons (Fsp3) is 0.625. The van der Waals surface area contributed by atoms with Crippen LogP contribution in [-0.4, -0.2) is 44.4 Å². The Labute approximate surface area is 116 Å². The van der Waals surface area contributed by atoms with Crippen LogP contribution in [0.4, 0.5) is 0 Å². The van der Waals surface area contributed by atoms with Crippen LogP contribution in [0.25, 0.3) is 0 Å². The Bertz CT molecular complexity index is 362. The first-order valence-corrected chi connectivity index (χ1v) is 7.34. The van der Waals surface area contributed by atoms with Crippen molar-refractivity contribution >= 4 is 0 Å². The summed E-state index contributed by atoms with van der Waals surface area (Å²) in [5, 5.41) is 0. The molecule has 3 nitrogen and oxygen atoms in total. The molecule has 1 aromatic rings. The Morgan fingerprint density at radius 3 is 2.79 bits per heavy atom. The lowest BCUT2D eigenvalue weighted by Crippen LogP contribution is -2.36. The minimum absolute atomic E-state index is 0.826. The molecule has 1 aliphatic heterocycles. The van der Waals surface area contributed by atoms with E-state index in [2.05, 4.69) is 24.0 Å². The van der Waals surface area contributed by atoms with Gasteiger partial charge in [-0.25, -0.2) is 0 Å². The van der Waals surface area contributed by atoms with E-state index >= 15 is 0 Å². The number of ether oxygens (including phenoxy) is 2. The molecular weight excluding hydrogens is 238 g/mol. The number of morpholine rings is 1. The summed E-state index contributed by atoms with van der Waals surface area (Å²) in [6.07, 6.45) is 3.64. The summed E-state index contributed by atoms with van der Waals surface area (Å²) in [7, 11) is 0. The summed E-state index contributed by atoms with van der Waals surface area (Å²) in [6, 6.07) is 8.26. The van der Waals surface area contributed by atoms with Gasteiger partial charge in [-0.3, -0.25) is 4.90 Å². The fourth-order valence-corrected chi connectivity index (χ4v) is 2.33. The molecule has 1 aromatic carbocycles. The number of unbranched alkanes of at least 4 members (excludes halogenated alkanes) is 2. The minimum Gasteiger partial charge on any atom is -0.494 e. The van der Waals surface area contributed by atoms with Gasteiger partial charge in [-0.2, -0.15) is 0 Å². The molecule has 0 atom stereocenters. The van der Waals surface area contributed by atoms with Crippen LogP contribution in [-0.2, 0) is 4.74 Å². The highest BCUT2D eigenvalue weighted by atomic mass is 16.5. The molecule has 0 unspecified atom stereocenters. The SMILES string of the molecule is Cc1cccc(OCCCCCN2CCOCC2)c1. The van der Waals surface area contributed by atoms with Gasteiger partial charge in [-0.05, 0) is 50.4 Å². The lowest BCUT2D eigenvalue weighted by Gasteiger charge is -2.26. The predicted octanol–water partition coefficient (Wildman–Crippen LogP) is 2.88. The first-order chi connectivity index (χ1) is 9.34. The van der Waals surface area contributed by atoms with Crippen molar-refractivity contribution in [2.24, 2.45) is 0 Å². The van der Waals surface area contributed by atoms with Crippen molar-refractivity contribution in [2.75, 3.05) is 39.5 Å². The van der Waals surface area contributed by atoms with Gasteiger partial charge in [0.2, 0.25) is 0 Å². The lowest BCUT2D eigenvalue weighted by atomic mass is 10.2. The van der Waals surface area contributed by atoms with Gasteiger partial charge in [-0.15, -0.1) is 0 Å². The molecule has 106 valence electrons. The summed E-state index contributed by atoms with van der Waals surface area (Å²) in [6.45, 7) is 8.11. The molecular formula is C16H25NO2. The quantitative estimate of drug-likeness (QED) is 0.706. The summed E-state index contributed by atoms with van der Waals surface area (Å²) >= 11 is 0. The first-order valence-electron chi connectivity index (χ1n) is 7.34. The minimum atomic E-state index is 0.826. The predicted molar refractivity (Wildman–Crippen MR) is 77.8 cm³/mol. The molecule has 0 bridgehead atoms. The molecule has 0 spiro atoms. The number of hydrogen-bond acceptors (Lipinski definition) is 3. The van der Waals surface area contributed by atoms with Gasteiger partial charge in [0, 0.05) is 13.1 Å². The molecule has 0 aliphatic carbocycles. The Morgan fingerprint density at radius 1 is 1.16 bits per heavy atom. The summed E-state index contributed by atoms with van der Waals surface area (Å²) in [5.41, 5.74) is 1.25. The topological polar surface area (TPSA) is 21.7 Å². The van der Waals surface area contributed by atoms with Gasteiger partial charge in [0.1, 0.15) is 5.75 Å². The monoisotopic (exact) mass is 263 g/mol. The largest absolute Gasteiger partial charge is 0.494 e. The molecule has 3 heteroatoms. The Morgan fingerprint density at radius 2 is 2.00 bits per heavy atom. The number of benzene rings is 1. The Kier molecular flexibility index (Phi) is 6.18. The van der Waals surface area contributed by atoms with Gasteiger partial charge in [0.05, 0.1) is 19.8 Å². The van der Waals surface area contributed by atoms with Gasteiger partial charge in [0.15, 0.2) is 0 Å². The maximum absolute atomic E-state index is 5.75. The summed E-state index contributed by atoms with van der Waals surface area (Å²) < 4.78 is 11.1. The van der Waals surface area contributed by atoms with Crippen LogP contribution in [0.15, 0.2) is 24.3 Å². The second-order valence-corrected chi connectivity index (χ2v) is 5.18. The van der Waals surface area contributed by atoms with E-state index in [9.17, 15) is 0 Å². The third kappa shape index (κ3) is 5.62. The molecule has 2 rings (SSSR count). The average molecular weight is 263 g/mol.